The molecule has 0 atom stereocenters. The van der Waals surface area contributed by atoms with Gasteiger partial charge in [0.15, 0.2) is 11.3 Å². The van der Waals surface area contributed by atoms with Crippen LogP contribution >= 0.6 is 0 Å². The molecule has 0 aliphatic rings. The van der Waals surface area contributed by atoms with E-state index in [2.05, 4.69) is 36.4 Å². The average molecular weight is 613 g/mol. The van der Waals surface area contributed by atoms with Crippen molar-refractivity contribution >= 4 is 60.5 Å². The molecule has 218 valence electrons. The number of hydrogen-bond donors (Lipinski definition) is 0. The molecule has 0 amide bonds. The first-order valence-corrected chi connectivity index (χ1v) is 14.8. The molecule has 4 aromatic carbocycles. The monoisotopic (exact) mass is 612 g/mol. The van der Waals surface area contributed by atoms with Crippen molar-refractivity contribution in [2.45, 2.75) is 0 Å². The molecule has 0 saturated carbocycles. The summed E-state index contributed by atoms with van der Waals surface area (Å²) in [6.45, 7) is 0. The number of para-hydroxylation sites is 2. The van der Waals surface area contributed by atoms with Crippen molar-refractivity contribution in [3.8, 4) is 24.3 Å². The Kier molecular flexibility index (Phi) is 5.52. The highest BCUT2D eigenvalue weighted by Gasteiger charge is 2.24. The minimum absolute atomic E-state index is 0.276. The molecule has 10 heteroatoms. The molecule has 0 aliphatic heterocycles. The van der Waals surface area contributed by atoms with Gasteiger partial charge in [-0.2, -0.15) is 21.0 Å². The summed E-state index contributed by atoms with van der Waals surface area (Å²) in [7, 11) is 0. The molecule has 9 aromatic rings. The molecule has 0 bridgehead atoms. The predicted octanol–water partition coefficient (Wildman–Crippen LogP) is 5.84. The molecule has 0 N–H and O–H groups in total. The Morgan fingerprint density at radius 1 is 0.479 bits per heavy atom. The Hall–Kier alpha value is -7.66. The van der Waals surface area contributed by atoms with Crippen LogP contribution in [0.5, 0.6) is 0 Å². The molecule has 0 saturated heterocycles. The Labute approximate surface area is 270 Å². The third-order valence-corrected chi connectivity index (χ3v) is 8.71. The number of nitrogens with zero attached hydrogens (tertiary/aromatic N) is 10. The zero-order chi connectivity index (χ0) is 32.5. The van der Waals surface area contributed by atoms with Crippen molar-refractivity contribution in [2.75, 3.05) is 0 Å². The normalized spacial score (nSPS) is 11.2. The quantitative estimate of drug-likeness (QED) is 0.236. The second-order valence-electron chi connectivity index (χ2n) is 11.3. The van der Waals surface area contributed by atoms with Crippen LogP contribution < -0.4 is 5.48 Å². The summed E-state index contributed by atoms with van der Waals surface area (Å²) in [5, 5.41) is 43.9. The summed E-state index contributed by atoms with van der Waals surface area (Å²) in [5.41, 5.74) is 7.41. The first kappa shape index (κ1) is 26.7. The van der Waals surface area contributed by atoms with E-state index < -0.39 is 0 Å². The van der Waals surface area contributed by atoms with Crippen LogP contribution in [0, 0.1) is 45.3 Å². The summed E-state index contributed by atoms with van der Waals surface area (Å²) in [6, 6.07) is 30.8. The van der Waals surface area contributed by atoms with E-state index in [0.717, 1.165) is 32.6 Å². The summed E-state index contributed by atoms with van der Waals surface area (Å²) < 4.78 is 4.07. The van der Waals surface area contributed by atoms with Gasteiger partial charge >= 0.3 is 0 Å². The van der Waals surface area contributed by atoms with Crippen LogP contribution in [0.2, 0.25) is 0 Å². The topological polar surface area (TPSA) is 156 Å². The van der Waals surface area contributed by atoms with Crippen LogP contribution in [-0.2, 0) is 0 Å². The minimum atomic E-state index is 0.276. The van der Waals surface area contributed by atoms with Crippen LogP contribution in [0.3, 0.4) is 0 Å². The van der Waals surface area contributed by atoms with E-state index in [1.165, 1.54) is 12.1 Å². The van der Waals surface area contributed by atoms with E-state index in [1.807, 2.05) is 33.1 Å². The third-order valence-electron chi connectivity index (χ3n) is 8.71. The van der Waals surface area contributed by atoms with Crippen molar-refractivity contribution < 1.29 is 0 Å². The van der Waals surface area contributed by atoms with Gasteiger partial charge in [0, 0.05) is 51.9 Å². The SMILES string of the molecule is N#Cc1cc(C#N)cc(C(c2cc(C#N)cc(C#N)c2)=c2n3c4nccnc4c4cccc(c5cccc6c7nccnc7n2c56)c43)c1. The lowest BCUT2D eigenvalue weighted by Crippen LogP contribution is -2.25. The largest absolute Gasteiger partial charge is 0.276 e. The van der Waals surface area contributed by atoms with Gasteiger partial charge in [0.2, 0.25) is 0 Å². The fourth-order valence-electron chi connectivity index (χ4n) is 6.93. The number of nitriles is 4. The number of aromatic nitrogens is 6. The fourth-order valence-corrected chi connectivity index (χ4v) is 6.93. The van der Waals surface area contributed by atoms with Gasteiger partial charge < -0.3 is 0 Å². The van der Waals surface area contributed by atoms with Crippen molar-refractivity contribution in [2.24, 2.45) is 0 Å². The van der Waals surface area contributed by atoms with Crippen molar-refractivity contribution in [1.29, 1.82) is 21.0 Å². The number of rotatable bonds is 2. The standard InChI is InChI=1S/C38H16N10/c39-17-21-11-22(18-40)14-25(13-21)31(26-15-23(19-41)12-24(16-26)20-42)38-47-34-27(3-1-5-29(34)32-36(47)45-9-7-43-32)28-4-2-6-30-33-37(46-10-8-44-33)48(38)35(28)30/h1-16H. The zero-order valence-corrected chi connectivity index (χ0v) is 24.7. The Bertz CT molecular complexity index is 2850. The molecule has 9 rings (SSSR count). The molecule has 10 nitrogen and oxygen atoms in total. The van der Waals surface area contributed by atoms with E-state index in [0.29, 0.717) is 44.5 Å². The summed E-state index contributed by atoms with van der Waals surface area (Å²) in [4.78, 5) is 19.3. The molecule has 5 aromatic heterocycles. The van der Waals surface area contributed by atoms with Crippen LogP contribution in [0.4, 0.5) is 0 Å². The van der Waals surface area contributed by atoms with E-state index in [9.17, 15) is 21.0 Å². The highest BCUT2D eigenvalue weighted by Crippen LogP contribution is 2.37. The van der Waals surface area contributed by atoms with Gasteiger partial charge in [0.25, 0.3) is 0 Å². The fraction of sp³-hybridized carbons (Fsp3) is 0. The van der Waals surface area contributed by atoms with Gasteiger partial charge in [0.05, 0.1) is 57.6 Å². The molecule has 0 aliphatic carbocycles. The molecule has 0 unspecified atom stereocenters. The Morgan fingerprint density at radius 3 is 1.25 bits per heavy atom. The lowest BCUT2D eigenvalue weighted by molar-refractivity contribution is 0.997. The number of fused-ring (bicyclic) bond motifs is 7. The molecule has 0 radical (unpaired) electrons. The molecule has 0 fully saturated rings. The highest BCUT2D eigenvalue weighted by atomic mass is 15.1. The van der Waals surface area contributed by atoms with E-state index in [1.54, 1.807) is 49.1 Å². The van der Waals surface area contributed by atoms with Gasteiger partial charge in [-0.25, -0.2) is 9.97 Å². The summed E-state index contributed by atoms with van der Waals surface area (Å²) >= 11 is 0. The summed E-state index contributed by atoms with van der Waals surface area (Å²) in [6.07, 6.45) is 6.58. The second kappa shape index (κ2) is 9.92. The average Bonchev–Trinajstić information content (AvgIpc) is 3.62. The maximum Gasteiger partial charge on any atom is 0.165 e. The highest BCUT2D eigenvalue weighted by molar-refractivity contribution is 6.22. The first-order chi connectivity index (χ1) is 23.6. The van der Waals surface area contributed by atoms with E-state index in [4.69, 9.17) is 19.9 Å². The van der Waals surface area contributed by atoms with Crippen LogP contribution in [0.15, 0.2) is 97.6 Å². The van der Waals surface area contributed by atoms with Gasteiger partial charge in [0.1, 0.15) is 16.5 Å². The van der Waals surface area contributed by atoms with Gasteiger partial charge in [-0.3, -0.25) is 18.8 Å². The van der Waals surface area contributed by atoms with Gasteiger partial charge in [-0.1, -0.05) is 36.4 Å². The van der Waals surface area contributed by atoms with Crippen molar-refractivity contribution in [1.82, 2.24) is 28.7 Å². The lowest BCUT2D eigenvalue weighted by atomic mass is 9.93. The molecule has 48 heavy (non-hydrogen) atoms. The van der Waals surface area contributed by atoms with Crippen LogP contribution in [0.25, 0.3) is 60.5 Å². The minimum Gasteiger partial charge on any atom is -0.276 e. The number of benzene rings is 4. The first-order valence-electron chi connectivity index (χ1n) is 14.8. The van der Waals surface area contributed by atoms with E-state index in [-0.39, 0.29) is 22.3 Å². The molecular formula is C38H16N10. The van der Waals surface area contributed by atoms with Crippen molar-refractivity contribution in [3.63, 3.8) is 0 Å². The molecule has 5 heterocycles. The third kappa shape index (κ3) is 3.57. The second-order valence-corrected chi connectivity index (χ2v) is 11.3. The maximum absolute atomic E-state index is 10.1. The van der Waals surface area contributed by atoms with Crippen LogP contribution in [-0.4, -0.2) is 28.7 Å². The van der Waals surface area contributed by atoms with E-state index >= 15 is 0 Å². The maximum atomic E-state index is 10.1. The van der Waals surface area contributed by atoms with Gasteiger partial charge in [-0.15, -0.1) is 0 Å². The zero-order valence-electron chi connectivity index (χ0n) is 24.7. The van der Waals surface area contributed by atoms with Crippen LogP contribution in [0.1, 0.15) is 33.4 Å². The summed E-state index contributed by atoms with van der Waals surface area (Å²) in [5.74, 6) is 0. The lowest BCUT2D eigenvalue weighted by Gasteiger charge is -2.13. The molecule has 0 spiro atoms. The Balaban J connectivity index is 1.76. The number of hydrogen-bond acceptors (Lipinski definition) is 8. The smallest absolute Gasteiger partial charge is 0.165 e. The predicted molar refractivity (Wildman–Crippen MR) is 178 cm³/mol. The Morgan fingerprint density at radius 2 is 0.854 bits per heavy atom. The van der Waals surface area contributed by atoms with Gasteiger partial charge in [-0.05, 0) is 47.5 Å². The van der Waals surface area contributed by atoms with Crippen molar-refractivity contribution in [3.05, 3.63) is 136 Å². The molecular weight excluding hydrogens is 596 g/mol.